The number of rotatable bonds is 5. The SMILES string of the molecule is COc1ccccc1CC(=O)N[C@@]12CCCN[C@]1(c1ccccc1)c1ccccc1C2. The van der Waals surface area contributed by atoms with E-state index in [0.717, 1.165) is 37.1 Å². The topological polar surface area (TPSA) is 50.4 Å². The summed E-state index contributed by atoms with van der Waals surface area (Å²) in [6.45, 7) is 0.924. The van der Waals surface area contributed by atoms with E-state index in [1.807, 2.05) is 30.3 Å². The van der Waals surface area contributed by atoms with Crippen LogP contribution < -0.4 is 15.4 Å². The lowest BCUT2D eigenvalue weighted by molar-refractivity contribution is -0.123. The maximum Gasteiger partial charge on any atom is 0.225 e. The smallest absolute Gasteiger partial charge is 0.225 e. The Morgan fingerprint density at radius 2 is 1.74 bits per heavy atom. The second-order valence-corrected chi connectivity index (χ2v) is 8.60. The highest BCUT2D eigenvalue weighted by Gasteiger charge is 2.60. The van der Waals surface area contributed by atoms with Gasteiger partial charge in [-0.15, -0.1) is 0 Å². The van der Waals surface area contributed by atoms with Crippen LogP contribution >= 0.6 is 0 Å². The molecule has 158 valence electrons. The van der Waals surface area contributed by atoms with E-state index < -0.39 is 11.1 Å². The first-order valence-electron chi connectivity index (χ1n) is 11.0. The van der Waals surface area contributed by atoms with Gasteiger partial charge in [-0.1, -0.05) is 72.8 Å². The van der Waals surface area contributed by atoms with Crippen molar-refractivity contribution in [2.75, 3.05) is 13.7 Å². The summed E-state index contributed by atoms with van der Waals surface area (Å²) in [5, 5.41) is 7.38. The largest absolute Gasteiger partial charge is 0.496 e. The second-order valence-electron chi connectivity index (χ2n) is 8.60. The fourth-order valence-corrected chi connectivity index (χ4v) is 5.72. The number of carbonyl (C=O) groups excluding carboxylic acids is 1. The Kier molecular flexibility index (Phi) is 5.03. The normalized spacial score (nSPS) is 24.2. The molecule has 2 aliphatic rings. The number of hydrogen-bond donors (Lipinski definition) is 2. The van der Waals surface area contributed by atoms with Crippen LogP contribution in [0.2, 0.25) is 0 Å². The van der Waals surface area contributed by atoms with Crippen molar-refractivity contribution >= 4 is 5.91 Å². The molecule has 1 fully saturated rings. The van der Waals surface area contributed by atoms with Gasteiger partial charge in [-0.25, -0.2) is 0 Å². The van der Waals surface area contributed by atoms with Crippen molar-refractivity contribution in [3.8, 4) is 5.75 Å². The van der Waals surface area contributed by atoms with E-state index in [4.69, 9.17) is 4.74 Å². The van der Waals surface area contributed by atoms with Crippen LogP contribution in [-0.4, -0.2) is 25.1 Å². The minimum absolute atomic E-state index is 0.0290. The number of piperidine rings is 1. The van der Waals surface area contributed by atoms with Gasteiger partial charge in [0.05, 0.1) is 24.6 Å². The zero-order valence-electron chi connectivity index (χ0n) is 17.9. The summed E-state index contributed by atoms with van der Waals surface area (Å²) in [5.41, 5.74) is 3.85. The summed E-state index contributed by atoms with van der Waals surface area (Å²) < 4.78 is 5.47. The van der Waals surface area contributed by atoms with Crippen molar-refractivity contribution < 1.29 is 9.53 Å². The third-order valence-electron chi connectivity index (χ3n) is 6.93. The summed E-state index contributed by atoms with van der Waals surface area (Å²) in [5.74, 6) is 0.780. The molecule has 0 unspecified atom stereocenters. The molecule has 1 aliphatic carbocycles. The van der Waals surface area contributed by atoms with Crippen molar-refractivity contribution in [1.82, 2.24) is 10.6 Å². The molecule has 3 aromatic carbocycles. The highest BCUT2D eigenvalue weighted by atomic mass is 16.5. The summed E-state index contributed by atoms with van der Waals surface area (Å²) in [6, 6.07) is 26.9. The van der Waals surface area contributed by atoms with Gasteiger partial charge in [-0.2, -0.15) is 0 Å². The molecular formula is C27H28N2O2. The molecule has 0 saturated carbocycles. The van der Waals surface area contributed by atoms with Gasteiger partial charge in [0.1, 0.15) is 5.75 Å². The summed E-state index contributed by atoms with van der Waals surface area (Å²) in [6.07, 6.45) is 3.08. The first kappa shape index (κ1) is 19.8. The van der Waals surface area contributed by atoms with Crippen molar-refractivity contribution in [2.24, 2.45) is 0 Å². The molecule has 31 heavy (non-hydrogen) atoms. The van der Waals surface area contributed by atoms with Gasteiger partial charge in [0, 0.05) is 5.56 Å². The number of fused-ring (bicyclic) bond motifs is 3. The average molecular weight is 413 g/mol. The minimum Gasteiger partial charge on any atom is -0.496 e. The van der Waals surface area contributed by atoms with E-state index in [1.165, 1.54) is 16.7 Å². The molecule has 2 N–H and O–H groups in total. The Bertz CT molecular complexity index is 1100. The molecule has 0 spiro atoms. The Balaban J connectivity index is 1.56. The molecule has 3 aromatic rings. The van der Waals surface area contributed by atoms with Gasteiger partial charge in [0.15, 0.2) is 0 Å². The molecule has 5 rings (SSSR count). The fourth-order valence-electron chi connectivity index (χ4n) is 5.72. The number of benzene rings is 3. The molecule has 0 bridgehead atoms. The van der Waals surface area contributed by atoms with E-state index >= 15 is 0 Å². The molecule has 4 nitrogen and oxygen atoms in total. The number of carbonyl (C=O) groups is 1. The Morgan fingerprint density at radius 1 is 1.00 bits per heavy atom. The molecular weight excluding hydrogens is 384 g/mol. The summed E-state index contributed by atoms with van der Waals surface area (Å²) >= 11 is 0. The molecule has 2 atom stereocenters. The fraction of sp³-hybridized carbons (Fsp3) is 0.296. The lowest BCUT2D eigenvalue weighted by atomic mass is 9.67. The van der Waals surface area contributed by atoms with Crippen LogP contribution in [0.15, 0.2) is 78.9 Å². The quantitative estimate of drug-likeness (QED) is 0.667. The van der Waals surface area contributed by atoms with Crippen LogP contribution in [0.1, 0.15) is 35.1 Å². The molecule has 4 heteroatoms. The van der Waals surface area contributed by atoms with Crippen LogP contribution in [0.3, 0.4) is 0 Å². The van der Waals surface area contributed by atoms with Gasteiger partial charge in [-0.3, -0.25) is 4.79 Å². The van der Waals surface area contributed by atoms with Crippen LogP contribution in [0.4, 0.5) is 0 Å². The lowest BCUT2D eigenvalue weighted by Gasteiger charge is -2.51. The van der Waals surface area contributed by atoms with Crippen molar-refractivity contribution in [2.45, 2.75) is 36.8 Å². The van der Waals surface area contributed by atoms with Crippen LogP contribution in [0.25, 0.3) is 0 Å². The molecule has 1 aliphatic heterocycles. The van der Waals surface area contributed by atoms with Crippen molar-refractivity contribution in [3.63, 3.8) is 0 Å². The number of methoxy groups -OCH3 is 1. The summed E-state index contributed by atoms with van der Waals surface area (Å²) in [4.78, 5) is 13.4. The van der Waals surface area contributed by atoms with Gasteiger partial charge in [0.25, 0.3) is 0 Å². The third-order valence-corrected chi connectivity index (χ3v) is 6.93. The standard InChI is InChI=1S/C27H28N2O2/c1-31-24-15-8-6-10-20(24)18-25(30)29-26-16-9-17-28-27(26,22-12-3-2-4-13-22)23-14-7-5-11-21(23)19-26/h2-8,10-15,28H,9,16-19H2,1H3,(H,29,30)/t26-,27-/m1/s1. The molecule has 1 heterocycles. The zero-order chi connectivity index (χ0) is 21.3. The number of ether oxygens (including phenoxy) is 1. The maximum absolute atomic E-state index is 13.4. The van der Waals surface area contributed by atoms with E-state index in [-0.39, 0.29) is 5.91 Å². The van der Waals surface area contributed by atoms with Crippen molar-refractivity contribution in [1.29, 1.82) is 0 Å². The number of hydrogen-bond acceptors (Lipinski definition) is 3. The number of nitrogens with one attached hydrogen (secondary N) is 2. The predicted octanol–water partition coefficient (Wildman–Crippen LogP) is 3.98. The predicted molar refractivity (Wildman–Crippen MR) is 122 cm³/mol. The third kappa shape index (κ3) is 3.14. The molecule has 1 amide bonds. The highest BCUT2D eigenvalue weighted by Crippen LogP contribution is 2.52. The molecule has 0 radical (unpaired) electrons. The Morgan fingerprint density at radius 3 is 2.58 bits per heavy atom. The number of amides is 1. The van der Waals surface area contributed by atoms with Crippen LogP contribution in [0.5, 0.6) is 5.75 Å². The van der Waals surface area contributed by atoms with E-state index in [0.29, 0.717) is 6.42 Å². The first-order chi connectivity index (χ1) is 15.2. The minimum atomic E-state index is -0.431. The molecule has 1 saturated heterocycles. The van der Waals surface area contributed by atoms with Gasteiger partial charge in [-0.05, 0) is 48.6 Å². The van der Waals surface area contributed by atoms with Crippen LogP contribution in [-0.2, 0) is 23.2 Å². The highest BCUT2D eigenvalue weighted by molar-refractivity contribution is 5.81. The van der Waals surface area contributed by atoms with Gasteiger partial charge in [0.2, 0.25) is 5.91 Å². The van der Waals surface area contributed by atoms with Crippen molar-refractivity contribution in [3.05, 3.63) is 101 Å². The van der Waals surface area contributed by atoms with E-state index in [2.05, 4.69) is 59.2 Å². The number of para-hydroxylation sites is 1. The zero-order valence-corrected chi connectivity index (χ0v) is 17.9. The average Bonchev–Trinajstić information content (AvgIpc) is 3.10. The van der Waals surface area contributed by atoms with Gasteiger partial charge < -0.3 is 15.4 Å². The van der Waals surface area contributed by atoms with Gasteiger partial charge >= 0.3 is 0 Å². The van der Waals surface area contributed by atoms with E-state index in [1.54, 1.807) is 7.11 Å². The molecule has 0 aromatic heterocycles. The van der Waals surface area contributed by atoms with Crippen LogP contribution in [0, 0.1) is 0 Å². The maximum atomic E-state index is 13.4. The van der Waals surface area contributed by atoms with E-state index in [9.17, 15) is 4.79 Å². The second kappa shape index (κ2) is 7.86. The summed E-state index contributed by atoms with van der Waals surface area (Å²) in [7, 11) is 1.65. The Hall–Kier alpha value is -3.11. The monoisotopic (exact) mass is 412 g/mol. The Labute approximate surface area is 183 Å². The first-order valence-corrected chi connectivity index (χ1v) is 11.0. The lowest BCUT2D eigenvalue weighted by Crippen LogP contribution is -2.69.